The van der Waals surface area contributed by atoms with Crippen molar-refractivity contribution in [2.45, 2.75) is 6.92 Å². The number of amides is 1. The molecular weight excluding hydrogens is 166 g/mol. The largest absolute Gasteiger partial charge is 0.505 e. The molecule has 12 heavy (non-hydrogen) atoms. The molecule has 0 aliphatic rings. The van der Waals surface area contributed by atoms with E-state index in [4.69, 9.17) is 5.11 Å². The maximum absolute atomic E-state index is 10.6. The Morgan fingerprint density at radius 3 is 2.58 bits per heavy atom. The van der Waals surface area contributed by atoms with Crippen LogP contribution in [0.5, 0.6) is 0 Å². The topological polar surface area (TPSA) is 84.9 Å². The van der Waals surface area contributed by atoms with Gasteiger partial charge in [0.1, 0.15) is 6.61 Å². The van der Waals surface area contributed by atoms with Crippen molar-refractivity contribution in [1.82, 2.24) is 5.32 Å². The molecule has 0 rings (SSSR count). The molecule has 0 bridgehead atoms. The average molecular weight is 177 g/mol. The number of carboxylic acid groups (broad SMARTS) is 1. The van der Waals surface area contributed by atoms with Crippen LogP contribution in [0.4, 0.5) is 9.59 Å². The molecule has 0 spiro atoms. The Kier molecular flexibility index (Phi) is 5.50. The van der Waals surface area contributed by atoms with E-state index in [2.05, 4.69) is 14.8 Å². The minimum absolute atomic E-state index is 0.0753. The molecule has 0 saturated carbocycles. The molecule has 0 aliphatic carbocycles. The third kappa shape index (κ3) is 6.66. The van der Waals surface area contributed by atoms with E-state index < -0.39 is 12.2 Å². The van der Waals surface area contributed by atoms with Gasteiger partial charge in [-0.1, -0.05) is 0 Å². The van der Waals surface area contributed by atoms with Gasteiger partial charge < -0.3 is 19.9 Å². The number of carbonyl (C=O) groups excluding carboxylic acids is 1. The first-order valence-electron chi connectivity index (χ1n) is 3.43. The van der Waals surface area contributed by atoms with Crippen molar-refractivity contribution in [2.24, 2.45) is 0 Å². The Hall–Kier alpha value is -1.46. The summed E-state index contributed by atoms with van der Waals surface area (Å²) in [7, 11) is 0. The monoisotopic (exact) mass is 177 g/mol. The quantitative estimate of drug-likeness (QED) is 0.480. The molecule has 6 heteroatoms. The summed E-state index contributed by atoms with van der Waals surface area (Å²) in [5, 5.41) is 10.3. The van der Waals surface area contributed by atoms with Gasteiger partial charge in [0.05, 0.1) is 13.2 Å². The molecular formula is C6H11NO5. The Morgan fingerprint density at radius 2 is 2.08 bits per heavy atom. The van der Waals surface area contributed by atoms with E-state index in [-0.39, 0.29) is 19.8 Å². The lowest BCUT2D eigenvalue weighted by molar-refractivity contribution is 0.0904. The van der Waals surface area contributed by atoms with E-state index in [0.717, 1.165) is 0 Å². The van der Waals surface area contributed by atoms with Gasteiger partial charge in [0.15, 0.2) is 0 Å². The molecule has 0 aromatic rings. The molecule has 0 atom stereocenters. The van der Waals surface area contributed by atoms with Crippen LogP contribution in [0.2, 0.25) is 0 Å². The van der Waals surface area contributed by atoms with Crippen LogP contribution in [0.1, 0.15) is 6.92 Å². The fourth-order valence-electron chi connectivity index (χ4n) is 0.474. The second kappa shape index (κ2) is 6.26. The molecule has 0 unspecified atom stereocenters. The van der Waals surface area contributed by atoms with E-state index in [1.165, 1.54) is 0 Å². The van der Waals surface area contributed by atoms with Crippen molar-refractivity contribution in [1.29, 1.82) is 0 Å². The Bertz CT molecular complexity index is 158. The second-order valence-electron chi connectivity index (χ2n) is 1.76. The first kappa shape index (κ1) is 10.5. The van der Waals surface area contributed by atoms with Crippen LogP contribution in [-0.4, -0.2) is 37.1 Å². The zero-order chi connectivity index (χ0) is 9.40. The van der Waals surface area contributed by atoms with Crippen LogP contribution in [0.25, 0.3) is 0 Å². The van der Waals surface area contributed by atoms with Crippen LogP contribution in [-0.2, 0) is 9.47 Å². The lowest BCUT2D eigenvalue weighted by Gasteiger charge is -2.03. The van der Waals surface area contributed by atoms with Crippen molar-refractivity contribution in [3.05, 3.63) is 0 Å². The first-order chi connectivity index (χ1) is 5.66. The fraction of sp³-hybridized carbons (Fsp3) is 0.667. The number of nitrogens with one attached hydrogen (secondary N) is 1. The molecule has 0 aromatic heterocycles. The lowest BCUT2D eigenvalue weighted by atomic mass is 10.7. The number of rotatable bonds is 4. The van der Waals surface area contributed by atoms with Gasteiger partial charge in [0.2, 0.25) is 0 Å². The van der Waals surface area contributed by atoms with Gasteiger partial charge in [0, 0.05) is 0 Å². The molecule has 6 nitrogen and oxygen atoms in total. The Balaban J connectivity index is 3.19. The summed E-state index contributed by atoms with van der Waals surface area (Å²) in [5.74, 6) is 0. The van der Waals surface area contributed by atoms with Crippen molar-refractivity contribution in [2.75, 3.05) is 19.8 Å². The Morgan fingerprint density at radius 1 is 1.42 bits per heavy atom. The van der Waals surface area contributed by atoms with Gasteiger partial charge in [-0.2, -0.15) is 0 Å². The van der Waals surface area contributed by atoms with Gasteiger partial charge in [-0.25, -0.2) is 9.59 Å². The zero-order valence-electron chi connectivity index (χ0n) is 6.70. The van der Waals surface area contributed by atoms with Gasteiger partial charge in [-0.15, -0.1) is 0 Å². The van der Waals surface area contributed by atoms with E-state index in [9.17, 15) is 9.59 Å². The SMILES string of the molecule is CCOC(=O)NCCOC(=O)O. The normalized spacial score (nSPS) is 8.75. The fourth-order valence-corrected chi connectivity index (χ4v) is 0.474. The summed E-state index contributed by atoms with van der Waals surface area (Å²) in [5.41, 5.74) is 0. The maximum atomic E-state index is 10.6. The minimum atomic E-state index is -1.36. The first-order valence-corrected chi connectivity index (χ1v) is 3.43. The predicted octanol–water partition coefficient (Wildman–Crippen LogP) is 0.427. The molecule has 0 saturated heterocycles. The molecule has 2 N–H and O–H groups in total. The maximum Gasteiger partial charge on any atom is 0.505 e. The van der Waals surface area contributed by atoms with Crippen LogP contribution < -0.4 is 5.32 Å². The highest BCUT2D eigenvalue weighted by Gasteiger charge is 1.99. The standard InChI is InChI=1S/C6H11NO5/c1-2-11-5(8)7-3-4-12-6(9)10/h2-4H2,1H3,(H,7,8)(H,9,10). The van der Waals surface area contributed by atoms with E-state index in [0.29, 0.717) is 0 Å². The zero-order valence-corrected chi connectivity index (χ0v) is 6.70. The van der Waals surface area contributed by atoms with Crippen molar-refractivity contribution >= 4 is 12.2 Å². The molecule has 70 valence electrons. The van der Waals surface area contributed by atoms with Crippen LogP contribution in [0.3, 0.4) is 0 Å². The van der Waals surface area contributed by atoms with Crippen molar-refractivity contribution in [3.63, 3.8) is 0 Å². The van der Waals surface area contributed by atoms with Crippen LogP contribution in [0, 0.1) is 0 Å². The summed E-state index contributed by atoms with van der Waals surface area (Å²) < 4.78 is 8.61. The van der Waals surface area contributed by atoms with Crippen LogP contribution in [0.15, 0.2) is 0 Å². The number of hydrogen-bond donors (Lipinski definition) is 2. The smallest absolute Gasteiger partial charge is 0.450 e. The van der Waals surface area contributed by atoms with Gasteiger partial charge in [-0.05, 0) is 6.92 Å². The third-order valence-corrected chi connectivity index (χ3v) is 0.872. The predicted molar refractivity (Wildman–Crippen MR) is 39.0 cm³/mol. The molecule has 0 aromatic carbocycles. The number of carbonyl (C=O) groups is 2. The summed E-state index contributed by atoms with van der Waals surface area (Å²) in [6.07, 6.45) is -1.94. The lowest BCUT2D eigenvalue weighted by Crippen LogP contribution is -2.28. The summed E-state index contributed by atoms with van der Waals surface area (Å²) in [6, 6.07) is 0. The number of hydrogen-bond acceptors (Lipinski definition) is 4. The highest BCUT2D eigenvalue weighted by molar-refractivity contribution is 5.67. The van der Waals surface area contributed by atoms with Crippen LogP contribution >= 0.6 is 0 Å². The highest BCUT2D eigenvalue weighted by Crippen LogP contribution is 1.77. The molecule has 1 amide bonds. The van der Waals surface area contributed by atoms with E-state index >= 15 is 0 Å². The van der Waals surface area contributed by atoms with E-state index in [1.54, 1.807) is 6.92 Å². The minimum Gasteiger partial charge on any atom is -0.450 e. The van der Waals surface area contributed by atoms with E-state index in [1.807, 2.05) is 0 Å². The molecule has 0 fully saturated rings. The average Bonchev–Trinajstić information content (AvgIpc) is 1.98. The number of ether oxygens (including phenoxy) is 2. The number of alkyl carbamates (subject to hydrolysis) is 1. The summed E-state index contributed by atoms with van der Waals surface area (Å²) in [6.45, 7) is 2.00. The molecule has 0 radical (unpaired) electrons. The summed E-state index contributed by atoms with van der Waals surface area (Å²) >= 11 is 0. The van der Waals surface area contributed by atoms with Crippen molar-refractivity contribution in [3.8, 4) is 0 Å². The van der Waals surface area contributed by atoms with Gasteiger partial charge in [-0.3, -0.25) is 0 Å². The molecule has 0 aliphatic heterocycles. The second-order valence-corrected chi connectivity index (χ2v) is 1.76. The highest BCUT2D eigenvalue weighted by atomic mass is 16.7. The van der Waals surface area contributed by atoms with Gasteiger partial charge in [0.25, 0.3) is 0 Å². The summed E-state index contributed by atoms with van der Waals surface area (Å²) in [4.78, 5) is 20.4. The van der Waals surface area contributed by atoms with Crippen molar-refractivity contribution < 1.29 is 24.2 Å². The van der Waals surface area contributed by atoms with Gasteiger partial charge >= 0.3 is 12.2 Å². The molecule has 0 heterocycles. The third-order valence-electron chi connectivity index (χ3n) is 0.872. The Labute approximate surface area is 69.5 Å².